The molecule has 3 N–H and O–H groups in total. The van der Waals surface area contributed by atoms with Gasteiger partial charge in [0.25, 0.3) is 5.91 Å². The van der Waals surface area contributed by atoms with Gasteiger partial charge < -0.3 is 15.7 Å². The lowest BCUT2D eigenvalue weighted by Crippen LogP contribution is -2.44. The van der Waals surface area contributed by atoms with Gasteiger partial charge in [-0.3, -0.25) is 14.4 Å². The number of hydrogen-bond donors (Lipinski definition) is 3. The summed E-state index contributed by atoms with van der Waals surface area (Å²) in [6.45, 7) is 1.03. The molecule has 102 valence electrons. The lowest BCUT2D eigenvalue weighted by Gasteiger charge is -2.10. The van der Waals surface area contributed by atoms with E-state index >= 15 is 0 Å². The number of nitrogens with one attached hydrogen (secondary N) is 2. The summed E-state index contributed by atoms with van der Waals surface area (Å²) < 4.78 is 0. The van der Waals surface area contributed by atoms with Gasteiger partial charge in [-0.15, -0.1) is 0 Å². The summed E-state index contributed by atoms with van der Waals surface area (Å²) in [5, 5.41) is 13.6. The van der Waals surface area contributed by atoms with Gasteiger partial charge in [0.05, 0.1) is 6.54 Å². The highest BCUT2D eigenvalue weighted by Crippen LogP contribution is 2.10. The Balaban J connectivity index is 2.46. The number of hydrogen-bond acceptors (Lipinski definition) is 3. The Morgan fingerprint density at radius 1 is 1.37 bits per heavy atom. The zero-order chi connectivity index (χ0) is 14.4. The summed E-state index contributed by atoms with van der Waals surface area (Å²) >= 11 is 5.73. The molecule has 0 heterocycles. The molecule has 1 aromatic rings. The van der Waals surface area contributed by atoms with Crippen molar-refractivity contribution in [3.8, 4) is 0 Å². The van der Waals surface area contributed by atoms with E-state index in [4.69, 9.17) is 16.7 Å². The number of carboxylic acids is 1. The fourth-order valence-corrected chi connectivity index (χ4v) is 1.44. The fraction of sp³-hybridized carbons (Fsp3) is 0.250. The van der Waals surface area contributed by atoms with E-state index < -0.39 is 23.8 Å². The second-order valence-corrected chi connectivity index (χ2v) is 4.26. The lowest BCUT2D eigenvalue weighted by atomic mass is 10.2. The van der Waals surface area contributed by atoms with Crippen LogP contribution < -0.4 is 10.6 Å². The van der Waals surface area contributed by atoms with Crippen molar-refractivity contribution in [2.24, 2.45) is 0 Å². The van der Waals surface area contributed by atoms with Crippen molar-refractivity contribution in [1.82, 2.24) is 10.6 Å². The van der Waals surface area contributed by atoms with Gasteiger partial charge >= 0.3 is 5.97 Å². The molecule has 1 atom stereocenters. The van der Waals surface area contributed by atoms with E-state index in [-0.39, 0.29) is 6.54 Å². The van der Waals surface area contributed by atoms with Crippen molar-refractivity contribution in [1.29, 1.82) is 0 Å². The second-order valence-electron chi connectivity index (χ2n) is 3.82. The topological polar surface area (TPSA) is 95.5 Å². The third-order valence-corrected chi connectivity index (χ3v) is 2.48. The molecule has 0 aromatic heterocycles. The first-order chi connectivity index (χ1) is 8.90. The maximum atomic E-state index is 11.7. The van der Waals surface area contributed by atoms with Gasteiger partial charge in [-0.05, 0) is 25.1 Å². The molecule has 0 fully saturated rings. The van der Waals surface area contributed by atoms with Crippen molar-refractivity contribution in [2.45, 2.75) is 13.0 Å². The minimum Gasteiger partial charge on any atom is -0.480 e. The first kappa shape index (κ1) is 15.0. The number of carbonyl (C=O) groups excluding carboxylic acids is 2. The smallest absolute Gasteiger partial charge is 0.325 e. The molecule has 1 rings (SSSR count). The van der Waals surface area contributed by atoms with Crippen LogP contribution in [0.25, 0.3) is 0 Å². The van der Waals surface area contributed by atoms with Crippen LogP contribution in [0.4, 0.5) is 0 Å². The molecular formula is C12H13ClN2O4. The molecule has 0 bridgehead atoms. The van der Waals surface area contributed by atoms with Crippen LogP contribution in [0.1, 0.15) is 17.3 Å². The van der Waals surface area contributed by atoms with Crippen LogP contribution in [-0.2, 0) is 9.59 Å². The summed E-state index contributed by atoms with van der Waals surface area (Å²) in [6.07, 6.45) is 0. The zero-order valence-corrected chi connectivity index (χ0v) is 10.9. The summed E-state index contributed by atoms with van der Waals surface area (Å²) in [5.41, 5.74) is 0.326. The molecule has 19 heavy (non-hydrogen) atoms. The normalized spacial score (nSPS) is 11.5. The molecule has 0 aliphatic rings. The number of amides is 2. The Labute approximate surface area is 114 Å². The van der Waals surface area contributed by atoms with Gasteiger partial charge in [0.1, 0.15) is 6.04 Å². The van der Waals surface area contributed by atoms with Crippen LogP contribution in [0.2, 0.25) is 5.02 Å². The van der Waals surface area contributed by atoms with E-state index in [1.54, 1.807) is 18.2 Å². The molecule has 0 spiro atoms. The Bertz CT molecular complexity index is 504. The number of carbonyl (C=O) groups is 3. The van der Waals surface area contributed by atoms with Crippen LogP contribution in [-0.4, -0.2) is 35.5 Å². The van der Waals surface area contributed by atoms with Crippen molar-refractivity contribution in [3.63, 3.8) is 0 Å². The summed E-state index contributed by atoms with van der Waals surface area (Å²) in [4.78, 5) is 33.5. The minimum atomic E-state index is -1.14. The minimum absolute atomic E-state index is 0.303. The molecule has 0 aliphatic carbocycles. The van der Waals surface area contributed by atoms with Gasteiger partial charge in [-0.1, -0.05) is 17.7 Å². The second kappa shape index (κ2) is 6.75. The number of rotatable bonds is 5. The van der Waals surface area contributed by atoms with E-state index in [0.29, 0.717) is 10.6 Å². The molecule has 0 unspecified atom stereocenters. The molecule has 0 saturated heterocycles. The maximum Gasteiger partial charge on any atom is 0.325 e. The summed E-state index contributed by atoms with van der Waals surface area (Å²) in [5.74, 6) is -2.18. The van der Waals surface area contributed by atoms with Gasteiger partial charge in [0.15, 0.2) is 0 Å². The van der Waals surface area contributed by atoms with Crippen molar-refractivity contribution < 1.29 is 19.5 Å². The fourth-order valence-electron chi connectivity index (χ4n) is 1.25. The quantitative estimate of drug-likeness (QED) is 0.740. The highest BCUT2D eigenvalue weighted by molar-refractivity contribution is 6.30. The molecule has 6 nitrogen and oxygen atoms in total. The first-order valence-corrected chi connectivity index (χ1v) is 5.84. The molecule has 0 aliphatic heterocycles. The monoisotopic (exact) mass is 284 g/mol. The van der Waals surface area contributed by atoms with Gasteiger partial charge in [0.2, 0.25) is 5.91 Å². The Hall–Kier alpha value is -2.08. The van der Waals surface area contributed by atoms with Gasteiger partial charge in [-0.2, -0.15) is 0 Å². The van der Waals surface area contributed by atoms with E-state index in [1.807, 2.05) is 0 Å². The van der Waals surface area contributed by atoms with Gasteiger partial charge in [0, 0.05) is 10.6 Å². The first-order valence-electron chi connectivity index (χ1n) is 5.46. The maximum absolute atomic E-state index is 11.7. The SMILES string of the molecule is C[C@H](NC(=O)CNC(=O)c1cccc(Cl)c1)C(=O)O. The molecule has 0 saturated carbocycles. The third-order valence-electron chi connectivity index (χ3n) is 2.24. The predicted octanol–water partition coefficient (Wildman–Crippen LogP) is 0.659. The van der Waals surface area contributed by atoms with E-state index in [0.717, 1.165) is 0 Å². The van der Waals surface area contributed by atoms with Crippen molar-refractivity contribution >= 4 is 29.4 Å². The number of aliphatic carboxylic acids is 1. The highest BCUT2D eigenvalue weighted by atomic mass is 35.5. The highest BCUT2D eigenvalue weighted by Gasteiger charge is 2.14. The third kappa shape index (κ3) is 4.97. The summed E-state index contributed by atoms with van der Waals surface area (Å²) in [6, 6.07) is 5.26. The van der Waals surface area contributed by atoms with Crippen LogP contribution in [0.3, 0.4) is 0 Å². The number of benzene rings is 1. The van der Waals surface area contributed by atoms with E-state index in [9.17, 15) is 14.4 Å². The van der Waals surface area contributed by atoms with Crippen molar-refractivity contribution in [2.75, 3.05) is 6.54 Å². The predicted molar refractivity (Wildman–Crippen MR) is 69.0 cm³/mol. The van der Waals surface area contributed by atoms with Crippen molar-refractivity contribution in [3.05, 3.63) is 34.9 Å². The molecule has 1 aromatic carbocycles. The van der Waals surface area contributed by atoms with Crippen LogP contribution >= 0.6 is 11.6 Å². The number of halogens is 1. The molecular weight excluding hydrogens is 272 g/mol. The van der Waals surface area contributed by atoms with E-state index in [2.05, 4.69) is 10.6 Å². The molecule has 2 amide bonds. The Kier molecular flexibility index (Phi) is 5.32. The zero-order valence-electron chi connectivity index (χ0n) is 10.1. The Morgan fingerprint density at radius 2 is 2.05 bits per heavy atom. The lowest BCUT2D eigenvalue weighted by molar-refractivity contribution is -0.141. The average Bonchev–Trinajstić information content (AvgIpc) is 2.35. The van der Waals surface area contributed by atoms with Gasteiger partial charge in [-0.25, -0.2) is 0 Å². The largest absolute Gasteiger partial charge is 0.480 e. The molecule has 0 radical (unpaired) electrons. The van der Waals surface area contributed by atoms with E-state index in [1.165, 1.54) is 13.0 Å². The Morgan fingerprint density at radius 3 is 2.63 bits per heavy atom. The van der Waals surface area contributed by atoms with Crippen LogP contribution in [0.15, 0.2) is 24.3 Å². The standard InChI is InChI=1S/C12H13ClN2O4/c1-7(12(18)19)15-10(16)6-14-11(17)8-3-2-4-9(13)5-8/h2-5,7H,6H2,1H3,(H,14,17)(H,15,16)(H,18,19)/t7-/m0/s1. The van der Waals surface area contributed by atoms with Crippen LogP contribution in [0.5, 0.6) is 0 Å². The molecule has 7 heteroatoms. The number of carboxylic acid groups (broad SMARTS) is 1. The van der Waals surface area contributed by atoms with Crippen LogP contribution in [0, 0.1) is 0 Å². The average molecular weight is 285 g/mol. The summed E-state index contributed by atoms with van der Waals surface area (Å²) in [7, 11) is 0.